The molecule has 0 bridgehead atoms. The molecule has 5 atom stereocenters. The SMILES string of the molecule is CCCCCCCCCCCCCCCCCCCCCC(=O)OC[C@H](COP(=O)(O)OC[C@@H](O)COP(=O)(O)OC[C@@H](COC(=O)CCCCCCCCCC)OC(=O)CCCCCCCCCCCCCCC(C)C)OC(=O)CCCCCCCCCCCCCCCCCCCCC. The smallest absolute Gasteiger partial charge is 0.462 e. The van der Waals surface area contributed by atoms with Gasteiger partial charge in [0.05, 0.1) is 26.4 Å². The summed E-state index contributed by atoms with van der Waals surface area (Å²) in [6.45, 7) is 7.32. The van der Waals surface area contributed by atoms with Crippen molar-refractivity contribution in [1.29, 1.82) is 0 Å². The van der Waals surface area contributed by atoms with Gasteiger partial charge >= 0.3 is 39.5 Å². The van der Waals surface area contributed by atoms with Gasteiger partial charge in [0.25, 0.3) is 0 Å². The largest absolute Gasteiger partial charge is 0.472 e. The van der Waals surface area contributed by atoms with Gasteiger partial charge in [0.1, 0.15) is 19.3 Å². The highest BCUT2D eigenvalue weighted by Crippen LogP contribution is 2.45. The lowest BCUT2D eigenvalue weighted by molar-refractivity contribution is -0.161. The van der Waals surface area contributed by atoms with Gasteiger partial charge in [0, 0.05) is 25.7 Å². The van der Waals surface area contributed by atoms with E-state index in [0.29, 0.717) is 25.7 Å². The van der Waals surface area contributed by atoms with Crippen molar-refractivity contribution in [2.45, 2.75) is 457 Å². The first-order valence-corrected chi connectivity index (χ1v) is 45.6. The van der Waals surface area contributed by atoms with Crippen LogP contribution in [-0.4, -0.2) is 96.7 Å². The summed E-state index contributed by atoms with van der Waals surface area (Å²) in [5, 5.41) is 10.6. The summed E-state index contributed by atoms with van der Waals surface area (Å²) in [6, 6.07) is 0. The number of ether oxygens (including phenoxy) is 4. The molecule has 19 heteroatoms. The van der Waals surface area contributed by atoms with Crippen molar-refractivity contribution in [3.63, 3.8) is 0 Å². The lowest BCUT2D eigenvalue weighted by Gasteiger charge is -2.21. The van der Waals surface area contributed by atoms with Crippen molar-refractivity contribution >= 4 is 39.5 Å². The Morgan fingerprint density at radius 1 is 0.267 bits per heavy atom. The molecule has 2 unspecified atom stereocenters. The molecule has 0 spiro atoms. The Hall–Kier alpha value is -1.94. The van der Waals surface area contributed by atoms with Crippen LogP contribution in [0.1, 0.15) is 439 Å². The molecule has 0 fully saturated rings. The van der Waals surface area contributed by atoms with Crippen LogP contribution < -0.4 is 0 Å². The molecular formula is C82H160O17P2. The number of hydrogen-bond donors (Lipinski definition) is 3. The molecule has 101 heavy (non-hydrogen) atoms. The molecule has 0 aliphatic heterocycles. The number of carbonyl (C=O) groups is 4. The van der Waals surface area contributed by atoms with E-state index in [1.807, 2.05) is 0 Å². The Balaban J connectivity index is 5.19. The highest BCUT2D eigenvalue weighted by atomic mass is 31.2. The van der Waals surface area contributed by atoms with Crippen molar-refractivity contribution in [2.75, 3.05) is 39.6 Å². The van der Waals surface area contributed by atoms with Gasteiger partial charge in [-0.05, 0) is 31.6 Å². The first-order valence-electron chi connectivity index (χ1n) is 42.6. The number of unbranched alkanes of at least 4 members (excludes halogenated alkanes) is 54. The molecule has 0 aliphatic carbocycles. The predicted molar refractivity (Wildman–Crippen MR) is 414 cm³/mol. The summed E-state index contributed by atoms with van der Waals surface area (Å²) in [6.07, 6.45) is 66.7. The number of esters is 4. The molecule has 0 aromatic rings. The maximum absolute atomic E-state index is 13.1. The van der Waals surface area contributed by atoms with E-state index >= 15 is 0 Å². The minimum absolute atomic E-state index is 0.107. The molecule has 3 N–H and O–H groups in total. The van der Waals surface area contributed by atoms with E-state index in [-0.39, 0.29) is 25.7 Å². The fourth-order valence-electron chi connectivity index (χ4n) is 12.8. The monoisotopic (exact) mass is 1480 g/mol. The minimum atomic E-state index is -4.96. The van der Waals surface area contributed by atoms with Gasteiger partial charge in [-0.15, -0.1) is 0 Å². The van der Waals surface area contributed by atoms with E-state index in [2.05, 4.69) is 34.6 Å². The number of phosphoric acid groups is 2. The molecule has 17 nitrogen and oxygen atoms in total. The van der Waals surface area contributed by atoms with Crippen molar-refractivity contribution in [3.05, 3.63) is 0 Å². The zero-order valence-electron chi connectivity index (χ0n) is 66.1. The van der Waals surface area contributed by atoms with Gasteiger partial charge in [-0.1, -0.05) is 388 Å². The lowest BCUT2D eigenvalue weighted by Crippen LogP contribution is -2.30. The summed E-state index contributed by atoms with van der Waals surface area (Å²) in [7, 11) is -9.92. The summed E-state index contributed by atoms with van der Waals surface area (Å²) < 4.78 is 68.7. The average Bonchev–Trinajstić information content (AvgIpc) is 0.953. The molecular weight excluding hydrogens is 1320 g/mol. The summed E-state index contributed by atoms with van der Waals surface area (Å²) in [4.78, 5) is 73.0. The zero-order valence-corrected chi connectivity index (χ0v) is 67.8. The van der Waals surface area contributed by atoms with E-state index in [4.69, 9.17) is 37.0 Å². The third-order valence-electron chi connectivity index (χ3n) is 19.3. The summed E-state index contributed by atoms with van der Waals surface area (Å²) >= 11 is 0. The number of hydrogen-bond acceptors (Lipinski definition) is 15. The minimum Gasteiger partial charge on any atom is -0.462 e. The first-order chi connectivity index (χ1) is 49.0. The molecule has 0 radical (unpaired) electrons. The zero-order chi connectivity index (χ0) is 74.1. The topological polar surface area (TPSA) is 237 Å². The fourth-order valence-corrected chi connectivity index (χ4v) is 14.3. The third-order valence-corrected chi connectivity index (χ3v) is 21.2. The van der Waals surface area contributed by atoms with Gasteiger partial charge in [-0.2, -0.15) is 0 Å². The van der Waals surface area contributed by atoms with E-state index in [0.717, 1.165) is 102 Å². The highest BCUT2D eigenvalue weighted by Gasteiger charge is 2.30. The van der Waals surface area contributed by atoms with Gasteiger partial charge in [-0.3, -0.25) is 37.3 Å². The van der Waals surface area contributed by atoms with Crippen molar-refractivity contribution in [3.8, 4) is 0 Å². The molecule has 0 aromatic carbocycles. The molecule has 0 aliphatic rings. The van der Waals surface area contributed by atoms with Crippen LogP contribution in [0.3, 0.4) is 0 Å². The van der Waals surface area contributed by atoms with Gasteiger partial charge in [-0.25, -0.2) is 9.13 Å². The van der Waals surface area contributed by atoms with E-state index in [1.54, 1.807) is 0 Å². The average molecular weight is 1480 g/mol. The van der Waals surface area contributed by atoms with Crippen LogP contribution in [0.25, 0.3) is 0 Å². The van der Waals surface area contributed by atoms with Crippen molar-refractivity contribution in [1.82, 2.24) is 0 Å². The quantitative estimate of drug-likeness (QED) is 0.0222. The number of aliphatic hydroxyl groups excluding tert-OH is 1. The van der Waals surface area contributed by atoms with E-state index < -0.39 is 97.5 Å². The van der Waals surface area contributed by atoms with Crippen LogP contribution in [0.4, 0.5) is 0 Å². The number of phosphoric ester groups is 2. The summed E-state index contributed by atoms with van der Waals surface area (Å²) in [5.74, 6) is -1.33. The van der Waals surface area contributed by atoms with E-state index in [1.165, 1.54) is 257 Å². The Bertz CT molecular complexity index is 1930. The van der Waals surface area contributed by atoms with Crippen LogP contribution in [0.15, 0.2) is 0 Å². The van der Waals surface area contributed by atoms with E-state index in [9.17, 15) is 43.2 Å². The van der Waals surface area contributed by atoms with Crippen LogP contribution in [-0.2, 0) is 65.4 Å². The highest BCUT2D eigenvalue weighted by molar-refractivity contribution is 7.47. The summed E-state index contributed by atoms with van der Waals surface area (Å²) in [5.41, 5.74) is 0. The number of carbonyl (C=O) groups excluding carboxylic acids is 4. The Labute approximate surface area is 619 Å². The second-order valence-electron chi connectivity index (χ2n) is 30.0. The number of aliphatic hydroxyl groups is 1. The third kappa shape index (κ3) is 76.1. The Morgan fingerprint density at radius 2 is 0.455 bits per heavy atom. The molecule has 0 saturated carbocycles. The first kappa shape index (κ1) is 99.1. The fraction of sp³-hybridized carbons (Fsp3) is 0.951. The maximum Gasteiger partial charge on any atom is 0.472 e. The van der Waals surface area contributed by atoms with Crippen molar-refractivity contribution < 1.29 is 80.2 Å². The van der Waals surface area contributed by atoms with Crippen LogP contribution in [0, 0.1) is 5.92 Å². The predicted octanol–water partition coefficient (Wildman–Crippen LogP) is 24.8. The lowest BCUT2D eigenvalue weighted by atomic mass is 10.0. The molecule has 600 valence electrons. The number of rotatable bonds is 82. The van der Waals surface area contributed by atoms with Crippen LogP contribution in [0.5, 0.6) is 0 Å². The van der Waals surface area contributed by atoms with Crippen molar-refractivity contribution in [2.24, 2.45) is 5.92 Å². The van der Waals surface area contributed by atoms with Crippen LogP contribution >= 0.6 is 15.6 Å². The Kier molecular flexibility index (Phi) is 73.5. The van der Waals surface area contributed by atoms with Gasteiger partial charge in [0.15, 0.2) is 12.2 Å². The molecule has 0 rings (SSSR count). The normalized spacial score (nSPS) is 13.8. The molecule has 0 aromatic heterocycles. The maximum atomic E-state index is 13.1. The second-order valence-corrected chi connectivity index (χ2v) is 32.9. The second kappa shape index (κ2) is 74.9. The molecule has 0 saturated heterocycles. The van der Waals surface area contributed by atoms with Gasteiger partial charge in [0.2, 0.25) is 0 Å². The van der Waals surface area contributed by atoms with Gasteiger partial charge < -0.3 is 33.8 Å². The standard InChI is InChI=1S/C82H160O17P2/c1-6-9-12-15-18-21-23-25-27-29-31-33-35-37-42-46-51-56-61-66-80(85)93-72-78(99-81(86)67-62-57-52-47-43-38-36-34-32-30-28-26-24-22-19-16-13-10-7-2)74-97-101(90,91)95-70-76(83)69-94-100(88,89)96-73-77(71-92-79(84)65-60-55-50-20-17-14-11-8-3)98-82(87)68-63-58-53-48-44-40-39-41-45-49-54-59-64-75(4)5/h75-78,83H,6-74H2,1-5H3,(H,88,89)(H,90,91)/t76-,77+,78+/m0/s1. The Morgan fingerprint density at radius 3 is 0.673 bits per heavy atom. The molecule has 0 amide bonds. The van der Waals surface area contributed by atoms with Crippen LogP contribution in [0.2, 0.25) is 0 Å². The molecule has 0 heterocycles.